The molecule has 8 heteroatoms. The molecule has 4 rings (SSSR count). The van der Waals surface area contributed by atoms with Gasteiger partial charge < -0.3 is 19.9 Å². The summed E-state index contributed by atoms with van der Waals surface area (Å²) in [6, 6.07) is 17.0. The first-order valence-corrected chi connectivity index (χ1v) is 10.9. The highest BCUT2D eigenvalue weighted by molar-refractivity contribution is 5.80. The molecule has 0 radical (unpaired) electrons. The third-order valence-electron chi connectivity index (χ3n) is 5.94. The number of carbonyl (C=O) groups excluding carboxylic acids is 2. The van der Waals surface area contributed by atoms with Gasteiger partial charge in [-0.15, -0.1) is 0 Å². The molecule has 2 unspecified atom stereocenters. The zero-order chi connectivity index (χ0) is 23.2. The molecule has 0 aliphatic carbocycles. The van der Waals surface area contributed by atoms with Crippen molar-refractivity contribution in [1.82, 2.24) is 19.8 Å². The van der Waals surface area contributed by atoms with Crippen molar-refractivity contribution in [3.63, 3.8) is 0 Å². The molecular formula is C25H26N4O4. The minimum atomic E-state index is -1.12. The predicted molar refractivity (Wildman–Crippen MR) is 122 cm³/mol. The average Bonchev–Trinajstić information content (AvgIpc) is 3.49. The van der Waals surface area contributed by atoms with Crippen molar-refractivity contribution in [3.8, 4) is 11.1 Å². The molecule has 0 bridgehead atoms. The SMILES string of the molecule is O=CNC(Cn1cnc(C2CCCN2C(=O)Cc2ccc(-c3ccccc3)cc2)c1)C(=O)O. The van der Waals surface area contributed by atoms with Gasteiger partial charge in [-0.3, -0.25) is 9.59 Å². The van der Waals surface area contributed by atoms with E-state index in [-0.39, 0.29) is 18.5 Å². The van der Waals surface area contributed by atoms with Crippen molar-refractivity contribution in [2.75, 3.05) is 6.54 Å². The van der Waals surface area contributed by atoms with Crippen molar-refractivity contribution in [2.45, 2.75) is 37.9 Å². The number of rotatable bonds is 9. The maximum absolute atomic E-state index is 13.1. The molecule has 8 nitrogen and oxygen atoms in total. The van der Waals surface area contributed by atoms with Gasteiger partial charge in [-0.1, -0.05) is 54.6 Å². The molecule has 33 heavy (non-hydrogen) atoms. The second kappa shape index (κ2) is 10.1. The van der Waals surface area contributed by atoms with Crippen molar-refractivity contribution in [3.05, 3.63) is 78.4 Å². The highest BCUT2D eigenvalue weighted by atomic mass is 16.4. The van der Waals surface area contributed by atoms with Crippen LogP contribution in [0.2, 0.25) is 0 Å². The minimum Gasteiger partial charge on any atom is -0.480 e. The molecule has 2 amide bonds. The Hall–Kier alpha value is -3.94. The number of nitrogens with one attached hydrogen (secondary N) is 1. The number of amides is 2. The summed E-state index contributed by atoms with van der Waals surface area (Å²) in [4.78, 5) is 41.3. The Labute approximate surface area is 191 Å². The number of aromatic nitrogens is 2. The number of benzene rings is 2. The molecule has 1 fully saturated rings. The summed E-state index contributed by atoms with van der Waals surface area (Å²) in [5.74, 6) is -1.07. The van der Waals surface area contributed by atoms with Crippen LogP contribution in [0.5, 0.6) is 0 Å². The van der Waals surface area contributed by atoms with Gasteiger partial charge in [0.2, 0.25) is 12.3 Å². The lowest BCUT2D eigenvalue weighted by Gasteiger charge is -2.23. The molecule has 2 aromatic carbocycles. The maximum atomic E-state index is 13.1. The number of carboxylic acid groups (broad SMARTS) is 1. The van der Waals surface area contributed by atoms with E-state index >= 15 is 0 Å². The van der Waals surface area contributed by atoms with Crippen molar-refractivity contribution < 1.29 is 19.5 Å². The van der Waals surface area contributed by atoms with Gasteiger partial charge in [0.05, 0.1) is 31.0 Å². The molecule has 1 aliphatic rings. The molecular weight excluding hydrogens is 420 g/mol. The molecule has 0 saturated carbocycles. The van der Waals surface area contributed by atoms with E-state index in [1.165, 1.54) is 0 Å². The molecule has 1 saturated heterocycles. The summed E-state index contributed by atoms with van der Waals surface area (Å²) in [6.07, 6.45) is 5.69. The predicted octanol–water partition coefficient (Wildman–Crippen LogP) is 2.66. The van der Waals surface area contributed by atoms with E-state index in [1.54, 1.807) is 17.1 Å². The Balaban J connectivity index is 1.41. The fourth-order valence-electron chi connectivity index (χ4n) is 4.24. The average molecular weight is 447 g/mol. The van der Waals surface area contributed by atoms with Crippen LogP contribution in [0.15, 0.2) is 67.1 Å². The van der Waals surface area contributed by atoms with Gasteiger partial charge in [-0.2, -0.15) is 0 Å². The molecule has 2 heterocycles. The maximum Gasteiger partial charge on any atom is 0.328 e. The van der Waals surface area contributed by atoms with Crippen molar-refractivity contribution in [2.24, 2.45) is 0 Å². The Morgan fingerprint density at radius 1 is 1.12 bits per heavy atom. The topological polar surface area (TPSA) is 105 Å². The van der Waals surface area contributed by atoms with E-state index in [4.69, 9.17) is 0 Å². The molecule has 1 aromatic heterocycles. The fourth-order valence-corrected chi connectivity index (χ4v) is 4.24. The molecule has 1 aliphatic heterocycles. The monoisotopic (exact) mass is 446 g/mol. The Morgan fingerprint density at radius 3 is 2.55 bits per heavy atom. The number of hydrogen-bond acceptors (Lipinski definition) is 4. The summed E-state index contributed by atoms with van der Waals surface area (Å²) in [5, 5.41) is 11.5. The lowest BCUT2D eigenvalue weighted by atomic mass is 10.0. The molecule has 3 aromatic rings. The van der Waals surface area contributed by atoms with Crippen molar-refractivity contribution in [1.29, 1.82) is 0 Å². The Morgan fingerprint density at radius 2 is 1.85 bits per heavy atom. The van der Waals surface area contributed by atoms with Crippen LogP contribution < -0.4 is 5.32 Å². The van der Waals surface area contributed by atoms with Gasteiger partial charge in [0.1, 0.15) is 6.04 Å². The van der Waals surface area contributed by atoms with E-state index in [0.717, 1.165) is 35.2 Å². The van der Waals surface area contributed by atoms with Crippen LogP contribution in [-0.2, 0) is 27.3 Å². The van der Waals surface area contributed by atoms with Crippen molar-refractivity contribution >= 4 is 18.3 Å². The number of carboxylic acids is 1. The first-order chi connectivity index (χ1) is 16.0. The summed E-state index contributed by atoms with van der Waals surface area (Å²) in [5.41, 5.74) is 3.94. The van der Waals surface area contributed by atoms with E-state index in [9.17, 15) is 19.5 Å². The standard InChI is InChI=1S/C25H26N4O4/c30-17-27-22(25(32)33)15-28-14-21(26-16-28)23-7-4-12-29(23)24(31)13-18-8-10-20(11-9-18)19-5-2-1-3-6-19/h1-3,5-6,8-11,14,16-17,22-23H,4,7,12-13,15H2,(H,27,30)(H,32,33). The van der Waals surface area contributed by atoms with Crippen LogP contribution in [-0.4, -0.2) is 50.4 Å². The first-order valence-electron chi connectivity index (χ1n) is 10.9. The summed E-state index contributed by atoms with van der Waals surface area (Å²) < 4.78 is 1.63. The lowest BCUT2D eigenvalue weighted by molar-refractivity contribution is -0.141. The molecule has 0 spiro atoms. The summed E-state index contributed by atoms with van der Waals surface area (Å²) >= 11 is 0. The number of likely N-dealkylation sites (tertiary alicyclic amines) is 1. The highest BCUT2D eigenvalue weighted by Gasteiger charge is 2.31. The third kappa shape index (κ3) is 5.28. The van der Waals surface area contributed by atoms with E-state index < -0.39 is 12.0 Å². The van der Waals surface area contributed by atoms with Gasteiger partial charge in [-0.05, 0) is 29.5 Å². The molecule has 2 atom stereocenters. The number of nitrogens with zero attached hydrogens (tertiary/aromatic N) is 3. The highest BCUT2D eigenvalue weighted by Crippen LogP contribution is 2.31. The molecule has 2 N–H and O–H groups in total. The van der Waals surface area contributed by atoms with Gasteiger partial charge in [0.25, 0.3) is 0 Å². The second-order valence-electron chi connectivity index (χ2n) is 8.16. The van der Waals surface area contributed by atoms with E-state index in [0.29, 0.717) is 19.4 Å². The quantitative estimate of drug-likeness (QED) is 0.492. The minimum absolute atomic E-state index is 0.0468. The third-order valence-corrected chi connectivity index (χ3v) is 5.94. The number of carbonyl (C=O) groups is 3. The zero-order valence-corrected chi connectivity index (χ0v) is 18.1. The largest absolute Gasteiger partial charge is 0.480 e. The van der Waals surface area contributed by atoms with Gasteiger partial charge in [0.15, 0.2) is 0 Å². The van der Waals surface area contributed by atoms with Gasteiger partial charge in [-0.25, -0.2) is 9.78 Å². The number of hydrogen-bond donors (Lipinski definition) is 2. The number of aliphatic carboxylic acids is 1. The Bertz CT molecular complexity index is 1110. The van der Waals surface area contributed by atoms with Crippen LogP contribution in [0.3, 0.4) is 0 Å². The van der Waals surface area contributed by atoms with Crippen LogP contribution in [0.25, 0.3) is 11.1 Å². The number of imidazole rings is 1. The Kier molecular flexibility index (Phi) is 6.83. The van der Waals surface area contributed by atoms with Crippen LogP contribution in [0.1, 0.15) is 30.1 Å². The summed E-state index contributed by atoms with van der Waals surface area (Å²) in [6.45, 7) is 0.735. The molecule has 170 valence electrons. The van der Waals surface area contributed by atoms with Gasteiger partial charge >= 0.3 is 5.97 Å². The van der Waals surface area contributed by atoms with Crippen LogP contribution in [0, 0.1) is 0 Å². The van der Waals surface area contributed by atoms with E-state index in [2.05, 4.69) is 22.4 Å². The second-order valence-corrected chi connectivity index (χ2v) is 8.16. The lowest BCUT2D eigenvalue weighted by Crippen LogP contribution is -2.39. The van der Waals surface area contributed by atoms with Crippen LogP contribution in [0.4, 0.5) is 0 Å². The van der Waals surface area contributed by atoms with Gasteiger partial charge in [0, 0.05) is 12.7 Å². The fraction of sp³-hybridized carbons (Fsp3) is 0.280. The first kappa shape index (κ1) is 22.3. The zero-order valence-electron chi connectivity index (χ0n) is 18.1. The van der Waals surface area contributed by atoms with E-state index in [1.807, 2.05) is 47.4 Å². The van der Waals surface area contributed by atoms with Crippen LogP contribution >= 0.6 is 0 Å². The summed E-state index contributed by atoms with van der Waals surface area (Å²) in [7, 11) is 0. The normalized spacial score (nSPS) is 16.4. The smallest absolute Gasteiger partial charge is 0.328 e.